The highest BCUT2D eigenvalue weighted by Crippen LogP contribution is 2.24. The molecule has 0 saturated heterocycles. The summed E-state index contributed by atoms with van der Waals surface area (Å²) in [6.45, 7) is 8.09. The normalized spacial score (nSPS) is 11.1. The molecule has 0 bridgehead atoms. The van der Waals surface area contributed by atoms with E-state index in [0.717, 1.165) is 18.7 Å². The lowest BCUT2D eigenvalue weighted by molar-refractivity contribution is -0.123. The van der Waals surface area contributed by atoms with Crippen LogP contribution in [0.3, 0.4) is 0 Å². The fraction of sp³-hybridized carbons (Fsp3) is 0.409. The van der Waals surface area contributed by atoms with Crippen molar-refractivity contribution in [3.05, 3.63) is 60.2 Å². The Morgan fingerprint density at radius 2 is 1.69 bits per heavy atom. The maximum absolute atomic E-state index is 11.9. The van der Waals surface area contributed by atoms with E-state index in [-0.39, 0.29) is 17.9 Å². The second-order valence-electron chi connectivity index (χ2n) is 7.52. The van der Waals surface area contributed by atoms with E-state index in [1.807, 2.05) is 42.5 Å². The number of carbonyl (C=O) groups is 1. The van der Waals surface area contributed by atoms with Gasteiger partial charge in [-0.1, -0.05) is 51.1 Å². The van der Waals surface area contributed by atoms with Crippen molar-refractivity contribution in [1.29, 1.82) is 0 Å². The third-order valence-electron chi connectivity index (χ3n) is 4.28. The molecule has 2 aromatic rings. The van der Waals surface area contributed by atoms with Gasteiger partial charge >= 0.3 is 0 Å². The molecule has 0 fully saturated rings. The summed E-state index contributed by atoms with van der Waals surface area (Å²) in [7, 11) is 2.06. The number of hydrogen-bond donors (Lipinski definition) is 1. The van der Waals surface area contributed by atoms with Gasteiger partial charge in [0, 0.05) is 25.8 Å². The van der Waals surface area contributed by atoms with Crippen LogP contribution in [0.2, 0.25) is 0 Å². The van der Waals surface area contributed by atoms with Crippen LogP contribution < -0.4 is 15.0 Å². The molecule has 0 aromatic heterocycles. The smallest absolute Gasteiger partial charge is 0.257 e. The zero-order chi connectivity index (χ0) is 19.0. The monoisotopic (exact) mass is 354 g/mol. The van der Waals surface area contributed by atoms with Gasteiger partial charge in [-0.2, -0.15) is 0 Å². The van der Waals surface area contributed by atoms with Crippen molar-refractivity contribution >= 4 is 11.6 Å². The van der Waals surface area contributed by atoms with Crippen molar-refractivity contribution in [2.45, 2.75) is 32.6 Å². The average Bonchev–Trinajstić information content (AvgIpc) is 2.63. The van der Waals surface area contributed by atoms with Crippen LogP contribution in [-0.2, 0) is 10.2 Å². The lowest BCUT2D eigenvalue weighted by Gasteiger charge is -2.19. The second kappa shape index (κ2) is 9.27. The Kier molecular flexibility index (Phi) is 7.07. The highest BCUT2D eigenvalue weighted by Gasteiger charge is 2.13. The van der Waals surface area contributed by atoms with Crippen LogP contribution in [0.15, 0.2) is 54.6 Å². The summed E-state index contributed by atoms with van der Waals surface area (Å²) < 4.78 is 5.56. The van der Waals surface area contributed by atoms with Gasteiger partial charge in [0.25, 0.3) is 5.91 Å². The number of carbonyl (C=O) groups excluding carboxylic acids is 1. The Morgan fingerprint density at radius 3 is 2.31 bits per heavy atom. The van der Waals surface area contributed by atoms with Gasteiger partial charge in [-0.25, -0.2) is 0 Å². The highest BCUT2D eigenvalue weighted by atomic mass is 16.5. The van der Waals surface area contributed by atoms with E-state index >= 15 is 0 Å². The van der Waals surface area contributed by atoms with E-state index in [1.165, 1.54) is 11.3 Å². The molecular weight excluding hydrogens is 324 g/mol. The lowest BCUT2D eigenvalue weighted by Crippen LogP contribution is -2.31. The first-order chi connectivity index (χ1) is 12.4. The molecule has 0 unspecified atom stereocenters. The van der Waals surface area contributed by atoms with Gasteiger partial charge in [0.1, 0.15) is 5.75 Å². The summed E-state index contributed by atoms with van der Waals surface area (Å²) in [5.41, 5.74) is 2.54. The van der Waals surface area contributed by atoms with E-state index in [1.54, 1.807) is 0 Å². The average molecular weight is 354 g/mol. The predicted molar refractivity (Wildman–Crippen MR) is 108 cm³/mol. The zero-order valence-corrected chi connectivity index (χ0v) is 16.3. The maximum Gasteiger partial charge on any atom is 0.257 e. The minimum absolute atomic E-state index is 0.0450. The van der Waals surface area contributed by atoms with E-state index in [2.05, 4.69) is 50.2 Å². The Morgan fingerprint density at radius 1 is 1.04 bits per heavy atom. The fourth-order valence-electron chi connectivity index (χ4n) is 2.61. The minimum atomic E-state index is -0.0905. The molecule has 1 amide bonds. The van der Waals surface area contributed by atoms with Gasteiger partial charge in [0.15, 0.2) is 6.61 Å². The molecule has 0 spiro atoms. The lowest BCUT2D eigenvalue weighted by atomic mass is 9.87. The van der Waals surface area contributed by atoms with E-state index < -0.39 is 0 Å². The van der Waals surface area contributed by atoms with E-state index in [0.29, 0.717) is 6.54 Å². The first-order valence-electron chi connectivity index (χ1n) is 9.12. The third-order valence-corrected chi connectivity index (χ3v) is 4.28. The van der Waals surface area contributed by atoms with Crippen LogP contribution in [-0.4, -0.2) is 32.7 Å². The molecule has 1 N–H and O–H groups in total. The van der Waals surface area contributed by atoms with Gasteiger partial charge in [0.2, 0.25) is 0 Å². The van der Waals surface area contributed by atoms with Gasteiger partial charge in [-0.05, 0) is 41.7 Å². The summed E-state index contributed by atoms with van der Waals surface area (Å²) in [5, 5.41) is 2.90. The van der Waals surface area contributed by atoms with Crippen molar-refractivity contribution in [3.8, 4) is 5.75 Å². The number of nitrogens with one attached hydrogen (secondary N) is 1. The molecule has 4 nitrogen and oxygen atoms in total. The molecule has 26 heavy (non-hydrogen) atoms. The van der Waals surface area contributed by atoms with Crippen molar-refractivity contribution in [3.63, 3.8) is 0 Å². The molecule has 0 radical (unpaired) electrons. The highest BCUT2D eigenvalue weighted by molar-refractivity contribution is 5.77. The predicted octanol–water partition coefficient (Wildman–Crippen LogP) is 4.01. The fourth-order valence-corrected chi connectivity index (χ4v) is 2.61. The summed E-state index contributed by atoms with van der Waals surface area (Å²) in [6.07, 6.45) is 0.886. The number of rotatable bonds is 8. The second-order valence-corrected chi connectivity index (χ2v) is 7.52. The minimum Gasteiger partial charge on any atom is -0.484 e. The third kappa shape index (κ3) is 6.43. The van der Waals surface area contributed by atoms with Gasteiger partial charge in [0.05, 0.1) is 0 Å². The Balaban J connectivity index is 1.65. The molecule has 0 atom stereocenters. The Labute approximate surface area is 157 Å². The topological polar surface area (TPSA) is 41.6 Å². The van der Waals surface area contributed by atoms with Crippen molar-refractivity contribution in [2.75, 3.05) is 31.6 Å². The molecule has 0 aliphatic heterocycles. The molecule has 140 valence electrons. The number of amides is 1. The van der Waals surface area contributed by atoms with E-state index in [9.17, 15) is 4.79 Å². The molecule has 4 heteroatoms. The van der Waals surface area contributed by atoms with Crippen molar-refractivity contribution in [1.82, 2.24) is 5.32 Å². The van der Waals surface area contributed by atoms with Gasteiger partial charge < -0.3 is 15.0 Å². The molecule has 0 aliphatic carbocycles. The first-order valence-corrected chi connectivity index (χ1v) is 9.12. The summed E-state index contributed by atoms with van der Waals surface area (Å²) in [6, 6.07) is 18.2. The van der Waals surface area contributed by atoms with Crippen molar-refractivity contribution < 1.29 is 9.53 Å². The molecule has 0 aliphatic rings. The number of benzene rings is 2. The standard InChI is InChI=1S/C22H30N2O2/c1-22(2,3)18-11-13-20(14-12-18)26-17-21(25)23-15-8-16-24(4)19-9-6-5-7-10-19/h5-7,9-14H,8,15-17H2,1-4H3,(H,23,25). The number of anilines is 1. The molecule has 0 saturated carbocycles. The molecule has 0 heterocycles. The maximum atomic E-state index is 11.9. The summed E-state index contributed by atoms with van der Waals surface area (Å²) >= 11 is 0. The summed E-state index contributed by atoms with van der Waals surface area (Å²) in [5.74, 6) is 0.629. The zero-order valence-electron chi connectivity index (χ0n) is 16.3. The van der Waals surface area contributed by atoms with Crippen LogP contribution in [0.1, 0.15) is 32.8 Å². The van der Waals surface area contributed by atoms with Crippen LogP contribution >= 0.6 is 0 Å². The quantitative estimate of drug-likeness (QED) is 0.729. The van der Waals surface area contributed by atoms with Crippen LogP contribution in [0.5, 0.6) is 5.75 Å². The first kappa shape index (κ1) is 19.8. The number of nitrogens with zero attached hydrogens (tertiary/aromatic N) is 1. The SMILES string of the molecule is CN(CCCNC(=O)COc1ccc(C(C)(C)C)cc1)c1ccccc1. The van der Waals surface area contributed by atoms with Gasteiger partial charge in [-0.15, -0.1) is 0 Å². The van der Waals surface area contributed by atoms with Crippen molar-refractivity contribution in [2.24, 2.45) is 0 Å². The van der Waals surface area contributed by atoms with Gasteiger partial charge in [-0.3, -0.25) is 4.79 Å². The van der Waals surface area contributed by atoms with Crippen LogP contribution in [0.4, 0.5) is 5.69 Å². The molecule has 2 rings (SSSR count). The van der Waals surface area contributed by atoms with E-state index in [4.69, 9.17) is 4.74 Å². The molecular formula is C22H30N2O2. The van der Waals surface area contributed by atoms with Crippen LogP contribution in [0, 0.1) is 0 Å². The Hall–Kier alpha value is -2.49. The van der Waals surface area contributed by atoms with Crippen LogP contribution in [0.25, 0.3) is 0 Å². The number of hydrogen-bond acceptors (Lipinski definition) is 3. The largest absolute Gasteiger partial charge is 0.484 e. The summed E-state index contributed by atoms with van der Waals surface area (Å²) in [4.78, 5) is 14.1. The Bertz CT molecular complexity index is 676. The molecule has 2 aromatic carbocycles. The number of para-hydroxylation sites is 1. The number of ether oxygens (including phenoxy) is 1.